The van der Waals surface area contributed by atoms with E-state index in [1.165, 1.54) is 12.3 Å². The average Bonchev–Trinajstić information content (AvgIpc) is 1.91. The molecule has 1 heterocycles. The molecule has 1 aromatic rings. The third-order valence-electron chi connectivity index (χ3n) is 0.568. The van der Waals surface area contributed by atoms with E-state index < -0.39 is 18.2 Å². The molecule has 1 nitrogen and oxygen atoms in total. The van der Waals surface area contributed by atoms with E-state index in [2.05, 4.69) is 11.1 Å². The minimum Gasteiger partial charge on any atom is -0.309 e. The van der Waals surface area contributed by atoms with Crippen molar-refractivity contribution in [2.24, 2.45) is 0 Å². The van der Waals surface area contributed by atoms with E-state index in [1.54, 1.807) is 0 Å². The standard InChI is InChI=1S/C5H3FN.2ClH.Mg/c6-5-2-1-3-7-4-5;;;/h2-4H;2*1H;/q;;;+2/p-2. The quantitative estimate of drug-likeness (QED) is 0.572. The van der Waals surface area contributed by atoms with Crippen molar-refractivity contribution >= 4 is 36.3 Å². The van der Waals surface area contributed by atoms with E-state index in [9.17, 15) is 4.39 Å². The fraction of sp³-hybridized carbons (Fsp3) is 0. The van der Waals surface area contributed by atoms with Crippen molar-refractivity contribution in [3.63, 3.8) is 0 Å². The van der Waals surface area contributed by atoms with Gasteiger partial charge in [-0.3, -0.25) is 4.98 Å². The fourth-order valence-corrected chi connectivity index (χ4v) is 0.306. The largest absolute Gasteiger partial charge is 0.618 e. The van der Waals surface area contributed by atoms with Crippen LogP contribution < -0.4 is 0 Å². The van der Waals surface area contributed by atoms with Crippen LogP contribution >= 0.6 is 18.1 Å². The molecular weight excluding hydrogens is 188 g/mol. The van der Waals surface area contributed by atoms with Crippen LogP contribution in [-0.4, -0.2) is 23.1 Å². The molecule has 1 rings (SSSR count). The SMILES string of the molecule is Fc1c[c]cnc1.[Cl][Mg][Cl]. The molecule has 1 aromatic heterocycles. The van der Waals surface area contributed by atoms with E-state index >= 15 is 0 Å². The third kappa shape index (κ3) is 6.54. The van der Waals surface area contributed by atoms with Crippen molar-refractivity contribution < 1.29 is 4.39 Å². The summed E-state index contributed by atoms with van der Waals surface area (Å²) in [5.74, 6) is -0.345. The van der Waals surface area contributed by atoms with Gasteiger partial charge in [0.1, 0.15) is 5.82 Å². The van der Waals surface area contributed by atoms with Crippen LogP contribution in [0.25, 0.3) is 0 Å². The van der Waals surface area contributed by atoms with Crippen molar-refractivity contribution in [2.75, 3.05) is 0 Å². The summed E-state index contributed by atoms with van der Waals surface area (Å²) in [4.78, 5) is 3.45. The van der Waals surface area contributed by atoms with Crippen molar-refractivity contribution in [1.82, 2.24) is 4.98 Å². The Hall–Kier alpha value is 0.426. The van der Waals surface area contributed by atoms with E-state index in [-0.39, 0.29) is 5.82 Å². The lowest BCUT2D eigenvalue weighted by Crippen LogP contribution is -1.71. The Bertz CT molecular complexity index is 161. The number of rotatable bonds is 0. The summed E-state index contributed by atoms with van der Waals surface area (Å²) in [5.41, 5.74) is 0. The van der Waals surface area contributed by atoms with Gasteiger partial charge in [0.05, 0.1) is 6.20 Å². The Morgan fingerprint density at radius 1 is 1.60 bits per heavy atom. The predicted octanol–water partition coefficient (Wildman–Crippen LogP) is 2.02. The second-order valence-corrected chi connectivity index (χ2v) is 3.83. The van der Waals surface area contributed by atoms with Crippen LogP contribution in [0.2, 0.25) is 0 Å². The molecule has 0 fully saturated rings. The monoisotopic (exact) mass is 190 g/mol. The molecule has 0 amide bonds. The first kappa shape index (κ1) is 10.4. The molecule has 0 spiro atoms. The van der Waals surface area contributed by atoms with Gasteiger partial charge in [0, 0.05) is 12.3 Å². The van der Waals surface area contributed by atoms with Crippen LogP contribution in [0.15, 0.2) is 18.5 Å². The molecule has 10 heavy (non-hydrogen) atoms. The number of hydrogen-bond donors (Lipinski definition) is 0. The molecule has 0 saturated carbocycles. The summed E-state index contributed by atoms with van der Waals surface area (Å²) >= 11 is -0.639. The summed E-state index contributed by atoms with van der Waals surface area (Å²) in [6.07, 6.45) is 2.54. The Labute approximate surface area is 75.8 Å². The highest BCUT2D eigenvalue weighted by molar-refractivity contribution is 7.22. The van der Waals surface area contributed by atoms with Gasteiger partial charge >= 0.3 is 18.2 Å². The first-order valence-corrected chi connectivity index (χ1v) is 6.67. The smallest absolute Gasteiger partial charge is 0.309 e. The highest BCUT2D eigenvalue weighted by Crippen LogP contribution is 1.87. The Kier molecular flexibility index (Phi) is 7.85. The van der Waals surface area contributed by atoms with Crippen LogP contribution in [0.5, 0.6) is 0 Å². The molecule has 0 aliphatic carbocycles. The van der Waals surface area contributed by atoms with E-state index in [4.69, 9.17) is 18.1 Å². The van der Waals surface area contributed by atoms with Crippen LogP contribution in [-0.2, 0) is 0 Å². The molecule has 0 atom stereocenters. The molecule has 0 bridgehead atoms. The highest BCUT2D eigenvalue weighted by Gasteiger charge is 1.79. The second-order valence-electron chi connectivity index (χ2n) is 1.20. The summed E-state index contributed by atoms with van der Waals surface area (Å²) in [6, 6.07) is 3.70. The van der Waals surface area contributed by atoms with Gasteiger partial charge in [-0.2, -0.15) is 0 Å². The average molecular weight is 191 g/mol. The van der Waals surface area contributed by atoms with Gasteiger partial charge in [-0.05, 0) is 6.07 Å². The van der Waals surface area contributed by atoms with Gasteiger partial charge < -0.3 is 18.1 Å². The predicted molar refractivity (Wildman–Crippen MR) is 40.5 cm³/mol. The summed E-state index contributed by atoms with van der Waals surface area (Å²) < 4.78 is 11.8. The van der Waals surface area contributed by atoms with Crippen LogP contribution in [0.4, 0.5) is 4.39 Å². The minimum absolute atomic E-state index is 0.345. The summed E-state index contributed by atoms with van der Waals surface area (Å²) in [7, 11) is 9.81. The van der Waals surface area contributed by atoms with E-state index in [0.29, 0.717) is 0 Å². The number of aromatic nitrogens is 1. The van der Waals surface area contributed by atoms with Gasteiger partial charge in [-0.1, -0.05) is 0 Å². The zero-order valence-electron chi connectivity index (χ0n) is 5.02. The molecule has 0 aliphatic heterocycles. The molecule has 0 aromatic carbocycles. The lowest BCUT2D eigenvalue weighted by Gasteiger charge is -1.77. The van der Waals surface area contributed by atoms with Gasteiger partial charge in [0.25, 0.3) is 0 Å². The molecule has 5 heteroatoms. The lowest BCUT2D eigenvalue weighted by molar-refractivity contribution is 0.621. The van der Waals surface area contributed by atoms with Crippen molar-refractivity contribution in [2.45, 2.75) is 0 Å². The molecule has 0 unspecified atom stereocenters. The lowest BCUT2D eigenvalue weighted by atomic mass is 10.5. The van der Waals surface area contributed by atoms with Gasteiger partial charge in [-0.15, -0.1) is 0 Å². The van der Waals surface area contributed by atoms with E-state index in [0.717, 1.165) is 6.20 Å². The third-order valence-corrected chi connectivity index (χ3v) is 0.568. The number of pyridine rings is 1. The number of nitrogens with zero attached hydrogens (tertiary/aromatic N) is 1. The molecule has 51 valence electrons. The molecule has 0 aliphatic rings. The minimum atomic E-state index is -0.639. The maximum atomic E-state index is 11.8. The molecule has 1 radical (unpaired) electrons. The molecule has 0 N–H and O–H groups in total. The normalized spacial score (nSPS) is 7.10. The summed E-state index contributed by atoms with van der Waals surface area (Å²) in [6.45, 7) is 0. The van der Waals surface area contributed by atoms with Crippen molar-refractivity contribution in [3.05, 3.63) is 30.3 Å². The van der Waals surface area contributed by atoms with Crippen LogP contribution in [0.1, 0.15) is 0 Å². The Morgan fingerprint density at radius 3 is 2.40 bits per heavy atom. The van der Waals surface area contributed by atoms with Gasteiger partial charge in [0.15, 0.2) is 0 Å². The maximum absolute atomic E-state index is 11.8. The molecule has 0 saturated heterocycles. The second kappa shape index (κ2) is 7.53. The zero-order valence-corrected chi connectivity index (χ0v) is 7.95. The Balaban J connectivity index is 0.000000236. The van der Waals surface area contributed by atoms with Crippen LogP contribution in [0, 0.1) is 11.9 Å². The first-order valence-electron chi connectivity index (χ1n) is 2.39. The fourth-order valence-electron chi connectivity index (χ4n) is 0.306. The summed E-state index contributed by atoms with van der Waals surface area (Å²) in [5, 5.41) is 0. The van der Waals surface area contributed by atoms with Gasteiger partial charge in [-0.25, -0.2) is 4.39 Å². The topological polar surface area (TPSA) is 12.9 Å². The zero-order chi connectivity index (χ0) is 7.82. The van der Waals surface area contributed by atoms with Crippen molar-refractivity contribution in [3.8, 4) is 0 Å². The first-order chi connectivity index (χ1) is 4.81. The molecular formula is C5H3Cl2FMgN. The van der Waals surface area contributed by atoms with Crippen molar-refractivity contribution in [1.29, 1.82) is 0 Å². The van der Waals surface area contributed by atoms with E-state index in [1.807, 2.05) is 0 Å². The Morgan fingerprint density at radius 2 is 2.20 bits per heavy atom. The maximum Gasteiger partial charge on any atom is 0.618 e. The number of hydrogen-bond acceptors (Lipinski definition) is 1. The highest BCUT2D eigenvalue weighted by atomic mass is 35.6. The van der Waals surface area contributed by atoms with Crippen LogP contribution in [0.3, 0.4) is 0 Å². The van der Waals surface area contributed by atoms with Gasteiger partial charge in [0.2, 0.25) is 0 Å². The number of halogens is 3.